The second kappa shape index (κ2) is 16.5. The summed E-state index contributed by atoms with van der Waals surface area (Å²) in [4.78, 5) is 30.7. The van der Waals surface area contributed by atoms with Gasteiger partial charge in [-0.3, -0.25) is 14.5 Å². The number of fused-ring (bicyclic) bond motifs is 1. The van der Waals surface area contributed by atoms with Crippen LogP contribution < -0.4 is 15.0 Å². The Morgan fingerprint density at radius 2 is 1.67 bits per heavy atom. The second-order valence-corrected chi connectivity index (χ2v) is 12.0. The molecule has 0 aromatic heterocycles. The van der Waals surface area contributed by atoms with E-state index in [4.69, 9.17) is 14.2 Å². The molecule has 1 fully saturated rings. The molecule has 0 saturated carbocycles. The summed E-state index contributed by atoms with van der Waals surface area (Å²) in [6.45, 7) is 8.71. The maximum absolute atomic E-state index is 13.6. The standard InChI is InChI=1S/C38H47N3O5/c1-4-20-44-23-24-46-35-13-8-29(9-14-35)30-10-15-36-32(25-30)26-31(16-19-41(36)37(42)5-2)38(43)39-33-11-6-28(7-12-33)27-40(3)34-17-21-45-22-18-34/h6-15,25-26,34H,4-5,16-24,27H2,1-3H3,(H,39,43). The summed E-state index contributed by atoms with van der Waals surface area (Å²) in [5, 5.41) is 3.09. The van der Waals surface area contributed by atoms with E-state index in [1.54, 1.807) is 4.90 Å². The first-order valence-corrected chi connectivity index (χ1v) is 16.6. The first-order chi connectivity index (χ1) is 22.4. The summed E-state index contributed by atoms with van der Waals surface area (Å²) in [6.07, 6.45) is 5.89. The Morgan fingerprint density at radius 1 is 0.935 bits per heavy atom. The number of ether oxygens (including phenoxy) is 3. The van der Waals surface area contributed by atoms with Gasteiger partial charge in [-0.25, -0.2) is 0 Å². The molecule has 1 N–H and O–H groups in total. The molecule has 3 aromatic rings. The molecule has 3 aromatic carbocycles. The molecule has 8 heteroatoms. The van der Waals surface area contributed by atoms with Crippen molar-refractivity contribution < 1.29 is 23.8 Å². The Morgan fingerprint density at radius 3 is 2.39 bits per heavy atom. The van der Waals surface area contributed by atoms with E-state index in [0.717, 1.165) is 79.4 Å². The van der Waals surface area contributed by atoms with Crippen molar-refractivity contribution in [1.82, 2.24) is 4.90 Å². The fourth-order valence-electron chi connectivity index (χ4n) is 5.99. The van der Waals surface area contributed by atoms with Gasteiger partial charge in [0, 0.05) is 56.6 Å². The zero-order valence-electron chi connectivity index (χ0n) is 27.4. The molecule has 1 saturated heterocycles. The lowest BCUT2D eigenvalue weighted by Gasteiger charge is -2.31. The van der Waals surface area contributed by atoms with Crippen LogP contribution in [-0.2, 0) is 25.6 Å². The third-order valence-electron chi connectivity index (χ3n) is 8.64. The number of carbonyl (C=O) groups is 2. The number of nitrogens with zero attached hydrogens (tertiary/aromatic N) is 2. The minimum absolute atomic E-state index is 0.0368. The maximum Gasteiger partial charge on any atom is 0.251 e. The van der Waals surface area contributed by atoms with Crippen LogP contribution in [0.1, 0.15) is 57.1 Å². The van der Waals surface area contributed by atoms with Crippen LogP contribution in [0.3, 0.4) is 0 Å². The van der Waals surface area contributed by atoms with E-state index in [9.17, 15) is 9.59 Å². The Balaban J connectivity index is 1.29. The van der Waals surface area contributed by atoms with Gasteiger partial charge in [0.05, 0.1) is 12.3 Å². The molecule has 0 atom stereocenters. The number of benzene rings is 3. The molecular weight excluding hydrogens is 578 g/mol. The lowest BCUT2D eigenvalue weighted by molar-refractivity contribution is -0.118. The fraction of sp³-hybridized carbons (Fsp3) is 0.421. The van der Waals surface area contributed by atoms with Crippen LogP contribution in [0.2, 0.25) is 0 Å². The second-order valence-electron chi connectivity index (χ2n) is 12.0. The van der Waals surface area contributed by atoms with Gasteiger partial charge in [0.2, 0.25) is 5.91 Å². The topological polar surface area (TPSA) is 80.3 Å². The molecular formula is C38H47N3O5. The summed E-state index contributed by atoms with van der Waals surface area (Å²) in [7, 11) is 2.16. The molecule has 8 nitrogen and oxygen atoms in total. The molecule has 2 aliphatic heterocycles. The van der Waals surface area contributed by atoms with Crippen LogP contribution in [-0.4, -0.2) is 69.4 Å². The van der Waals surface area contributed by atoms with Gasteiger partial charge in [0.15, 0.2) is 0 Å². The summed E-state index contributed by atoms with van der Waals surface area (Å²) in [5.41, 5.74) is 6.29. The molecule has 0 aliphatic carbocycles. The SMILES string of the molecule is CCCOCCOc1ccc(-c2ccc3c(c2)C=C(C(=O)Nc2ccc(CN(C)C4CCOCC4)cc2)CCN3C(=O)CC)cc1. The normalized spacial score (nSPS) is 15.2. The van der Waals surface area contributed by atoms with Gasteiger partial charge < -0.3 is 24.4 Å². The third-order valence-corrected chi connectivity index (χ3v) is 8.64. The molecule has 244 valence electrons. The lowest BCUT2D eigenvalue weighted by atomic mass is 10.00. The van der Waals surface area contributed by atoms with Crippen LogP contribution in [0, 0.1) is 0 Å². The van der Waals surface area contributed by atoms with Gasteiger partial charge >= 0.3 is 0 Å². The van der Waals surface area contributed by atoms with E-state index in [0.29, 0.717) is 44.2 Å². The van der Waals surface area contributed by atoms with Gasteiger partial charge in [-0.2, -0.15) is 0 Å². The lowest BCUT2D eigenvalue weighted by Crippen LogP contribution is -2.36. The van der Waals surface area contributed by atoms with E-state index in [-0.39, 0.29) is 11.8 Å². The largest absolute Gasteiger partial charge is 0.491 e. The maximum atomic E-state index is 13.6. The molecule has 46 heavy (non-hydrogen) atoms. The Bertz CT molecular complexity index is 1480. The van der Waals surface area contributed by atoms with Crippen LogP contribution in [0.25, 0.3) is 17.2 Å². The van der Waals surface area contributed by atoms with Crippen molar-refractivity contribution in [2.75, 3.05) is 56.8 Å². The predicted molar refractivity (Wildman–Crippen MR) is 184 cm³/mol. The average molecular weight is 626 g/mol. The van der Waals surface area contributed by atoms with E-state index in [2.05, 4.69) is 42.4 Å². The quantitative estimate of drug-likeness (QED) is 0.207. The smallest absolute Gasteiger partial charge is 0.251 e. The number of nitrogens with one attached hydrogen (secondary N) is 1. The summed E-state index contributed by atoms with van der Waals surface area (Å²) >= 11 is 0. The van der Waals surface area contributed by atoms with Gasteiger partial charge in [-0.05, 0) is 97.5 Å². The van der Waals surface area contributed by atoms with Gasteiger partial charge in [0.1, 0.15) is 12.4 Å². The number of anilines is 2. The predicted octanol–water partition coefficient (Wildman–Crippen LogP) is 6.94. The van der Waals surface area contributed by atoms with Gasteiger partial charge in [-0.15, -0.1) is 0 Å². The highest BCUT2D eigenvalue weighted by Gasteiger charge is 2.24. The van der Waals surface area contributed by atoms with Gasteiger partial charge in [-0.1, -0.05) is 44.2 Å². The van der Waals surface area contributed by atoms with Crippen molar-refractivity contribution in [3.05, 3.63) is 83.4 Å². The molecule has 2 amide bonds. The summed E-state index contributed by atoms with van der Waals surface area (Å²) < 4.78 is 16.8. The van der Waals surface area contributed by atoms with Crippen molar-refractivity contribution in [3.63, 3.8) is 0 Å². The van der Waals surface area contributed by atoms with E-state index >= 15 is 0 Å². The highest BCUT2D eigenvalue weighted by Crippen LogP contribution is 2.34. The number of hydrogen-bond acceptors (Lipinski definition) is 6. The minimum atomic E-state index is -0.154. The van der Waals surface area contributed by atoms with Crippen LogP contribution in [0.4, 0.5) is 11.4 Å². The zero-order chi connectivity index (χ0) is 32.3. The Kier molecular flexibility index (Phi) is 12.0. The molecule has 2 heterocycles. The van der Waals surface area contributed by atoms with E-state index in [1.165, 1.54) is 5.56 Å². The molecule has 0 radical (unpaired) electrons. The third kappa shape index (κ3) is 8.84. The van der Waals surface area contributed by atoms with E-state index in [1.807, 2.05) is 61.5 Å². The first kappa shape index (κ1) is 33.4. The monoisotopic (exact) mass is 625 g/mol. The number of rotatable bonds is 13. The van der Waals surface area contributed by atoms with Crippen LogP contribution in [0.15, 0.2) is 72.3 Å². The number of hydrogen-bond donors (Lipinski definition) is 1. The molecule has 0 spiro atoms. The van der Waals surface area contributed by atoms with Crippen molar-refractivity contribution in [1.29, 1.82) is 0 Å². The van der Waals surface area contributed by atoms with E-state index < -0.39 is 0 Å². The molecule has 5 rings (SSSR count). The summed E-state index contributed by atoms with van der Waals surface area (Å²) in [6, 6.07) is 22.7. The van der Waals surface area contributed by atoms with Gasteiger partial charge in [0.25, 0.3) is 5.91 Å². The highest BCUT2D eigenvalue weighted by atomic mass is 16.5. The van der Waals surface area contributed by atoms with Crippen molar-refractivity contribution in [3.8, 4) is 16.9 Å². The first-order valence-electron chi connectivity index (χ1n) is 16.6. The van der Waals surface area contributed by atoms with Crippen molar-refractivity contribution >= 4 is 29.3 Å². The highest BCUT2D eigenvalue weighted by molar-refractivity contribution is 6.08. The minimum Gasteiger partial charge on any atom is -0.491 e. The Hall–Kier alpha value is -3.98. The molecule has 2 aliphatic rings. The molecule has 0 unspecified atom stereocenters. The summed E-state index contributed by atoms with van der Waals surface area (Å²) in [5.74, 6) is 0.671. The Labute approximate surface area is 273 Å². The zero-order valence-corrected chi connectivity index (χ0v) is 27.4. The van der Waals surface area contributed by atoms with Crippen LogP contribution in [0.5, 0.6) is 5.75 Å². The van der Waals surface area contributed by atoms with Crippen molar-refractivity contribution in [2.45, 2.75) is 58.5 Å². The average Bonchev–Trinajstić information content (AvgIpc) is 3.29. The number of amides is 2. The van der Waals surface area contributed by atoms with Crippen LogP contribution >= 0.6 is 0 Å². The number of carbonyl (C=O) groups excluding carboxylic acids is 2. The molecule has 0 bridgehead atoms. The fourth-order valence-corrected chi connectivity index (χ4v) is 5.99. The van der Waals surface area contributed by atoms with Crippen molar-refractivity contribution in [2.24, 2.45) is 0 Å².